The summed E-state index contributed by atoms with van der Waals surface area (Å²) in [6, 6.07) is 7.19. The molecule has 1 aromatic heterocycles. The Balaban J connectivity index is 2.19. The minimum absolute atomic E-state index is 0.0301. The summed E-state index contributed by atoms with van der Waals surface area (Å²) in [5, 5.41) is 9.48. The largest absolute Gasteiger partial charge is 0.480 e. The summed E-state index contributed by atoms with van der Waals surface area (Å²) in [6.07, 6.45) is -2.71. The fraction of sp³-hybridized carbons (Fsp3) is 0.250. The highest BCUT2D eigenvalue weighted by Crippen LogP contribution is 2.29. The van der Waals surface area contributed by atoms with Crippen LogP contribution in [0.5, 0.6) is 0 Å². The molecule has 0 aliphatic rings. The van der Waals surface area contributed by atoms with Crippen molar-refractivity contribution in [2.75, 3.05) is 12.8 Å². The van der Waals surface area contributed by atoms with E-state index in [9.17, 15) is 22.8 Å². The molecule has 0 radical (unpaired) electrons. The predicted molar refractivity (Wildman–Crippen MR) is 84.3 cm³/mol. The van der Waals surface area contributed by atoms with Gasteiger partial charge in [0.15, 0.2) is 10.9 Å². The average molecular weight is 373 g/mol. The second-order valence-electron chi connectivity index (χ2n) is 5.07. The van der Waals surface area contributed by atoms with Gasteiger partial charge < -0.3 is 14.4 Å². The quantitative estimate of drug-likeness (QED) is 0.781. The highest BCUT2D eigenvalue weighted by Gasteiger charge is 2.30. The molecule has 25 heavy (non-hydrogen) atoms. The van der Waals surface area contributed by atoms with Crippen LogP contribution in [0.3, 0.4) is 0 Å². The lowest BCUT2D eigenvalue weighted by molar-refractivity contribution is -0.138. The summed E-state index contributed by atoms with van der Waals surface area (Å²) in [4.78, 5) is 24.4. The predicted octanol–water partition coefficient (Wildman–Crippen LogP) is 3.75. The van der Waals surface area contributed by atoms with Gasteiger partial charge in [-0.25, -0.2) is 0 Å². The molecule has 1 aromatic carbocycles. The number of carbonyl (C=O) groups is 2. The van der Waals surface area contributed by atoms with Crippen LogP contribution < -0.4 is 0 Å². The molecule has 1 amide bonds. The lowest BCUT2D eigenvalue weighted by Gasteiger charge is -2.20. The standard InChI is InChI=1S/C16H14F3NO4S/c1-25-14-7-6-12(24-14)15(23)20(9-13(21)22)8-10-2-4-11(5-3-10)16(17,18)19/h2-7H,8-9H2,1H3,(H,21,22). The molecule has 0 bridgehead atoms. The Labute approximate surface area is 145 Å². The van der Waals surface area contributed by atoms with Crippen LogP contribution in [0.2, 0.25) is 0 Å². The van der Waals surface area contributed by atoms with Gasteiger partial charge in [-0.2, -0.15) is 13.2 Å². The van der Waals surface area contributed by atoms with E-state index >= 15 is 0 Å². The van der Waals surface area contributed by atoms with Crippen LogP contribution in [0.15, 0.2) is 45.9 Å². The third-order valence-electron chi connectivity index (χ3n) is 3.26. The molecule has 9 heteroatoms. The van der Waals surface area contributed by atoms with Gasteiger partial charge in [0.1, 0.15) is 6.54 Å². The number of benzene rings is 1. The van der Waals surface area contributed by atoms with Crippen LogP contribution in [-0.2, 0) is 17.5 Å². The number of carboxylic acids is 1. The molecule has 0 aliphatic heterocycles. The second-order valence-corrected chi connectivity index (χ2v) is 5.88. The number of carboxylic acid groups (broad SMARTS) is 1. The third kappa shape index (κ3) is 5.02. The molecule has 1 heterocycles. The van der Waals surface area contributed by atoms with Crippen molar-refractivity contribution in [1.29, 1.82) is 0 Å². The van der Waals surface area contributed by atoms with Crippen molar-refractivity contribution in [3.63, 3.8) is 0 Å². The molecule has 134 valence electrons. The molecule has 0 atom stereocenters. The zero-order valence-electron chi connectivity index (χ0n) is 13.0. The first kappa shape index (κ1) is 18.9. The summed E-state index contributed by atoms with van der Waals surface area (Å²) in [7, 11) is 0. The molecule has 0 spiro atoms. The zero-order chi connectivity index (χ0) is 18.6. The smallest absolute Gasteiger partial charge is 0.416 e. The Kier molecular flexibility index (Phi) is 5.78. The topological polar surface area (TPSA) is 70.8 Å². The molecule has 1 N–H and O–H groups in total. The molecule has 2 rings (SSSR count). The summed E-state index contributed by atoms with van der Waals surface area (Å²) in [6.45, 7) is -0.756. The van der Waals surface area contributed by atoms with Gasteiger partial charge in [0.2, 0.25) is 0 Å². The molecule has 5 nitrogen and oxygen atoms in total. The van der Waals surface area contributed by atoms with Crippen LogP contribution in [0.1, 0.15) is 21.7 Å². The Bertz CT molecular complexity index is 755. The first-order valence-corrected chi connectivity index (χ1v) is 8.24. The number of amides is 1. The number of alkyl halides is 3. The lowest BCUT2D eigenvalue weighted by Crippen LogP contribution is -2.35. The number of furan rings is 1. The maximum atomic E-state index is 12.6. The van der Waals surface area contributed by atoms with Crippen LogP contribution >= 0.6 is 11.8 Å². The minimum Gasteiger partial charge on any atom is -0.480 e. The number of halogens is 3. The van der Waals surface area contributed by atoms with E-state index in [2.05, 4.69) is 0 Å². The van der Waals surface area contributed by atoms with E-state index in [1.807, 2.05) is 0 Å². The SMILES string of the molecule is CSc1ccc(C(=O)N(CC(=O)O)Cc2ccc(C(F)(F)F)cc2)o1. The van der Waals surface area contributed by atoms with Crippen molar-refractivity contribution in [3.8, 4) is 0 Å². The Hall–Kier alpha value is -2.42. The van der Waals surface area contributed by atoms with Gasteiger partial charge in [-0.3, -0.25) is 9.59 Å². The Morgan fingerprint density at radius 3 is 2.28 bits per heavy atom. The van der Waals surface area contributed by atoms with Gasteiger partial charge in [0, 0.05) is 6.54 Å². The monoisotopic (exact) mass is 373 g/mol. The lowest BCUT2D eigenvalue weighted by atomic mass is 10.1. The highest BCUT2D eigenvalue weighted by molar-refractivity contribution is 7.98. The van der Waals surface area contributed by atoms with E-state index in [1.54, 1.807) is 12.3 Å². The van der Waals surface area contributed by atoms with E-state index in [1.165, 1.54) is 30.0 Å². The fourth-order valence-corrected chi connectivity index (χ4v) is 2.46. The summed E-state index contributed by atoms with van der Waals surface area (Å²) >= 11 is 1.28. The number of thioether (sulfide) groups is 1. The van der Waals surface area contributed by atoms with E-state index in [-0.39, 0.29) is 12.3 Å². The van der Waals surface area contributed by atoms with Crippen LogP contribution in [0, 0.1) is 0 Å². The van der Waals surface area contributed by atoms with Gasteiger partial charge in [0.05, 0.1) is 5.56 Å². The number of nitrogens with zero attached hydrogens (tertiary/aromatic N) is 1. The number of rotatable bonds is 6. The molecule has 0 saturated carbocycles. The van der Waals surface area contributed by atoms with E-state index in [4.69, 9.17) is 9.52 Å². The van der Waals surface area contributed by atoms with Gasteiger partial charge in [-0.05, 0) is 36.1 Å². The van der Waals surface area contributed by atoms with Crippen molar-refractivity contribution >= 4 is 23.6 Å². The number of hydrogen-bond donors (Lipinski definition) is 1. The molecule has 0 saturated heterocycles. The molecule has 0 unspecified atom stereocenters. The summed E-state index contributed by atoms with van der Waals surface area (Å²) in [5.74, 6) is -1.92. The molecule has 0 fully saturated rings. The van der Waals surface area contributed by atoms with Gasteiger partial charge in [0.25, 0.3) is 5.91 Å². The number of hydrogen-bond acceptors (Lipinski definition) is 4. The molecular formula is C16H14F3NO4S. The van der Waals surface area contributed by atoms with Gasteiger partial charge >= 0.3 is 12.1 Å². The molecular weight excluding hydrogens is 359 g/mol. The van der Waals surface area contributed by atoms with Crippen molar-refractivity contribution in [2.24, 2.45) is 0 Å². The van der Waals surface area contributed by atoms with E-state index < -0.39 is 30.2 Å². The van der Waals surface area contributed by atoms with Crippen LogP contribution in [0.25, 0.3) is 0 Å². The first-order chi connectivity index (χ1) is 11.7. The molecule has 0 aliphatic carbocycles. The zero-order valence-corrected chi connectivity index (χ0v) is 13.9. The van der Waals surface area contributed by atoms with E-state index in [0.717, 1.165) is 17.0 Å². The van der Waals surface area contributed by atoms with Crippen LogP contribution in [0.4, 0.5) is 13.2 Å². The fourth-order valence-electron chi connectivity index (χ4n) is 2.08. The number of aliphatic carboxylic acids is 1. The molecule has 2 aromatic rings. The summed E-state index contributed by atoms with van der Waals surface area (Å²) in [5.41, 5.74) is -0.442. The van der Waals surface area contributed by atoms with Gasteiger partial charge in [-0.1, -0.05) is 23.9 Å². The maximum Gasteiger partial charge on any atom is 0.416 e. The number of carbonyl (C=O) groups excluding carboxylic acids is 1. The van der Waals surface area contributed by atoms with Crippen LogP contribution in [-0.4, -0.2) is 34.7 Å². The Morgan fingerprint density at radius 2 is 1.80 bits per heavy atom. The highest BCUT2D eigenvalue weighted by atomic mass is 32.2. The second kappa shape index (κ2) is 7.64. The Morgan fingerprint density at radius 1 is 1.16 bits per heavy atom. The average Bonchev–Trinajstić information content (AvgIpc) is 3.02. The van der Waals surface area contributed by atoms with E-state index in [0.29, 0.717) is 10.7 Å². The maximum absolute atomic E-state index is 12.6. The van der Waals surface area contributed by atoms with Crippen molar-refractivity contribution < 1.29 is 32.3 Å². The normalized spacial score (nSPS) is 11.4. The van der Waals surface area contributed by atoms with Crippen molar-refractivity contribution in [2.45, 2.75) is 17.8 Å². The van der Waals surface area contributed by atoms with Gasteiger partial charge in [-0.15, -0.1) is 0 Å². The summed E-state index contributed by atoms with van der Waals surface area (Å²) < 4.78 is 43.0. The minimum atomic E-state index is -4.46. The van der Waals surface area contributed by atoms with Crippen molar-refractivity contribution in [1.82, 2.24) is 4.90 Å². The first-order valence-electron chi connectivity index (χ1n) is 7.01. The third-order valence-corrected chi connectivity index (χ3v) is 3.88. The van der Waals surface area contributed by atoms with Crippen molar-refractivity contribution in [3.05, 3.63) is 53.3 Å².